The fourth-order valence-corrected chi connectivity index (χ4v) is 4.99. The van der Waals surface area contributed by atoms with Crippen molar-refractivity contribution in [2.75, 3.05) is 36.8 Å². The first-order valence-corrected chi connectivity index (χ1v) is 11.8. The maximum atomic E-state index is 14.1. The highest BCUT2D eigenvalue weighted by Crippen LogP contribution is 2.31. The van der Waals surface area contributed by atoms with Crippen molar-refractivity contribution >= 4 is 44.4 Å². The van der Waals surface area contributed by atoms with Crippen molar-refractivity contribution in [2.45, 2.75) is 25.2 Å². The lowest BCUT2D eigenvalue weighted by Crippen LogP contribution is -2.39. The smallest absolute Gasteiger partial charge is 0.229 e. The van der Waals surface area contributed by atoms with Crippen LogP contribution in [0.25, 0.3) is 10.2 Å². The van der Waals surface area contributed by atoms with Crippen LogP contribution in [0, 0.1) is 11.6 Å². The number of fused-ring (bicyclic) bond motifs is 1. The fourth-order valence-electron chi connectivity index (χ4n) is 3.08. The minimum Gasteiger partial charge on any atom is -0.302 e. The molecule has 1 amide bonds. The van der Waals surface area contributed by atoms with Gasteiger partial charge in [-0.2, -0.15) is 0 Å². The number of benzene rings is 2. The van der Waals surface area contributed by atoms with Gasteiger partial charge in [0.1, 0.15) is 11.3 Å². The Hall–Kier alpha value is -2.03. The van der Waals surface area contributed by atoms with Crippen molar-refractivity contribution in [3.8, 4) is 0 Å². The largest absolute Gasteiger partial charge is 0.302 e. The lowest BCUT2D eigenvalue weighted by atomic mass is 10.3. The summed E-state index contributed by atoms with van der Waals surface area (Å²) in [5.41, 5.74) is 0.107. The molecule has 0 atom stereocenters. The standard InChI is InChI=1S/C22H25F2N3OS2/c1-3-26(4-2)11-12-27(20(28)10-13-29-17-8-6-5-7-9-17)22-25-21-18(24)14-16(23)15-19(21)30-22/h5-9,14-15H,3-4,10-13H2,1-2H3. The fraction of sp³-hybridized carbons (Fsp3) is 0.364. The molecule has 0 aliphatic heterocycles. The molecule has 0 fully saturated rings. The van der Waals surface area contributed by atoms with E-state index in [9.17, 15) is 13.6 Å². The Balaban J connectivity index is 1.77. The molecular formula is C22H25F2N3OS2. The number of carbonyl (C=O) groups is 1. The summed E-state index contributed by atoms with van der Waals surface area (Å²) in [7, 11) is 0. The van der Waals surface area contributed by atoms with Crippen LogP contribution >= 0.6 is 23.1 Å². The topological polar surface area (TPSA) is 36.4 Å². The van der Waals surface area contributed by atoms with E-state index >= 15 is 0 Å². The minimum absolute atomic E-state index is 0.0643. The van der Waals surface area contributed by atoms with Crippen LogP contribution in [-0.2, 0) is 4.79 Å². The molecule has 0 aliphatic carbocycles. The molecule has 0 aliphatic rings. The van der Waals surface area contributed by atoms with Crippen molar-refractivity contribution in [2.24, 2.45) is 0 Å². The predicted molar refractivity (Wildman–Crippen MR) is 121 cm³/mol. The van der Waals surface area contributed by atoms with Gasteiger partial charge in [0, 0.05) is 36.2 Å². The Morgan fingerprint density at radius 3 is 2.53 bits per heavy atom. The van der Waals surface area contributed by atoms with Crippen molar-refractivity contribution in [3.05, 3.63) is 54.1 Å². The van der Waals surface area contributed by atoms with Crippen LogP contribution in [0.15, 0.2) is 47.4 Å². The van der Waals surface area contributed by atoms with Gasteiger partial charge in [-0.1, -0.05) is 43.4 Å². The number of hydrogen-bond donors (Lipinski definition) is 0. The summed E-state index contributed by atoms with van der Waals surface area (Å²) in [4.78, 5) is 22.3. The molecule has 3 rings (SSSR count). The molecule has 3 aromatic rings. The Labute approximate surface area is 183 Å². The number of anilines is 1. The lowest BCUT2D eigenvalue weighted by molar-refractivity contribution is -0.118. The quantitative estimate of drug-likeness (QED) is 0.387. The van der Waals surface area contributed by atoms with Crippen molar-refractivity contribution < 1.29 is 13.6 Å². The van der Waals surface area contributed by atoms with Gasteiger partial charge in [0.25, 0.3) is 0 Å². The molecule has 2 aromatic carbocycles. The van der Waals surface area contributed by atoms with Crippen LogP contribution in [0.2, 0.25) is 0 Å². The van der Waals surface area contributed by atoms with Crippen molar-refractivity contribution in [3.63, 3.8) is 0 Å². The van der Waals surface area contributed by atoms with E-state index in [-0.39, 0.29) is 11.4 Å². The maximum Gasteiger partial charge on any atom is 0.229 e. The van der Waals surface area contributed by atoms with Crippen LogP contribution in [0.3, 0.4) is 0 Å². The van der Waals surface area contributed by atoms with Gasteiger partial charge in [0.2, 0.25) is 5.91 Å². The third-order valence-corrected chi connectivity index (χ3v) is 6.84. The van der Waals surface area contributed by atoms with Gasteiger partial charge in [-0.3, -0.25) is 9.69 Å². The second kappa shape index (κ2) is 10.8. The second-order valence-corrected chi connectivity index (χ2v) is 8.89. The molecule has 0 saturated carbocycles. The maximum absolute atomic E-state index is 14.1. The highest BCUT2D eigenvalue weighted by molar-refractivity contribution is 7.99. The first kappa shape index (κ1) is 22.7. The van der Waals surface area contributed by atoms with E-state index in [4.69, 9.17) is 0 Å². The zero-order valence-electron chi connectivity index (χ0n) is 17.1. The van der Waals surface area contributed by atoms with Crippen LogP contribution in [0.5, 0.6) is 0 Å². The zero-order chi connectivity index (χ0) is 21.5. The van der Waals surface area contributed by atoms with E-state index in [1.807, 2.05) is 30.3 Å². The summed E-state index contributed by atoms with van der Waals surface area (Å²) >= 11 is 2.77. The highest BCUT2D eigenvalue weighted by atomic mass is 32.2. The number of rotatable bonds is 10. The molecule has 160 valence electrons. The molecule has 1 aromatic heterocycles. The van der Waals surface area contributed by atoms with Gasteiger partial charge >= 0.3 is 0 Å². The molecule has 0 saturated heterocycles. The Kier molecular flexibility index (Phi) is 8.18. The van der Waals surface area contributed by atoms with Crippen LogP contribution in [0.1, 0.15) is 20.3 Å². The molecular weight excluding hydrogens is 424 g/mol. The summed E-state index contributed by atoms with van der Waals surface area (Å²) in [6.07, 6.45) is 0.338. The Bertz CT molecular complexity index is 977. The Morgan fingerprint density at radius 2 is 1.83 bits per heavy atom. The van der Waals surface area contributed by atoms with E-state index in [2.05, 4.69) is 23.7 Å². The van der Waals surface area contributed by atoms with E-state index in [1.54, 1.807) is 16.7 Å². The lowest BCUT2D eigenvalue weighted by Gasteiger charge is -2.24. The molecule has 0 unspecified atom stereocenters. The highest BCUT2D eigenvalue weighted by Gasteiger charge is 2.21. The normalized spacial score (nSPS) is 11.4. The number of aromatic nitrogens is 1. The number of nitrogens with zero attached hydrogens (tertiary/aromatic N) is 3. The molecule has 8 heteroatoms. The molecule has 0 spiro atoms. The molecule has 4 nitrogen and oxygen atoms in total. The average molecular weight is 450 g/mol. The van der Waals surface area contributed by atoms with Gasteiger partial charge in [0.15, 0.2) is 10.9 Å². The van der Waals surface area contributed by atoms with Crippen LogP contribution in [-0.4, -0.2) is 47.7 Å². The first-order chi connectivity index (χ1) is 14.5. The SMILES string of the molecule is CCN(CC)CCN(C(=O)CCSc1ccccc1)c1nc2c(F)cc(F)cc2s1. The summed E-state index contributed by atoms with van der Waals surface area (Å²) in [5, 5.41) is 0.413. The van der Waals surface area contributed by atoms with Gasteiger partial charge < -0.3 is 4.90 Å². The van der Waals surface area contributed by atoms with E-state index in [0.717, 1.165) is 35.4 Å². The summed E-state index contributed by atoms with van der Waals surface area (Å²) in [6.45, 7) is 7.05. The third-order valence-electron chi connectivity index (χ3n) is 4.80. The monoisotopic (exact) mass is 449 g/mol. The first-order valence-electron chi connectivity index (χ1n) is 9.98. The van der Waals surface area contributed by atoms with Gasteiger partial charge in [-0.15, -0.1) is 11.8 Å². The molecule has 30 heavy (non-hydrogen) atoms. The van der Waals surface area contributed by atoms with Crippen LogP contribution in [0.4, 0.5) is 13.9 Å². The number of amides is 1. The molecule has 0 bridgehead atoms. The third kappa shape index (κ3) is 5.77. The van der Waals surface area contributed by atoms with Crippen molar-refractivity contribution in [1.29, 1.82) is 0 Å². The van der Waals surface area contributed by atoms with E-state index in [0.29, 0.717) is 35.1 Å². The predicted octanol–water partition coefficient (Wildman–Crippen LogP) is 5.43. The van der Waals surface area contributed by atoms with E-state index < -0.39 is 11.6 Å². The molecule has 0 radical (unpaired) electrons. The second-order valence-electron chi connectivity index (χ2n) is 6.71. The number of hydrogen-bond acceptors (Lipinski definition) is 5. The number of thiazole rings is 1. The zero-order valence-corrected chi connectivity index (χ0v) is 18.7. The number of thioether (sulfide) groups is 1. The van der Waals surface area contributed by atoms with Gasteiger partial charge in [-0.05, 0) is 31.3 Å². The van der Waals surface area contributed by atoms with Gasteiger partial charge in [-0.25, -0.2) is 13.8 Å². The van der Waals surface area contributed by atoms with Crippen LogP contribution < -0.4 is 4.90 Å². The summed E-state index contributed by atoms with van der Waals surface area (Å²) in [6, 6.07) is 12.0. The molecule has 0 N–H and O–H groups in total. The van der Waals surface area contributed by atoms with Gasteiger partial charge in [0.05, 0.1) is 4.70 Å². The minimum atomic E-state index is -0.705. The molecule has 1 heterocycles. The van der Waals surface area contributed by atoms with E-state index in [1.165, 1.54) is 6.07 Å². The average Bonchev–Trinajstić information content (AvgIpc) is 3.16. The number of carbonyl (C=O) groups excluding carboxylic acids is 1. The number of likely N-dealkylation sites (N-methyl/N-ethyl adjacent to an activating group) is 1. The Morgan fingerprint density at radius 1 is 1.10 bits per heavy atom. The van der Waals surface area contributed by atoms with Crippen molar-refractivity contribution in [1.82, 2.24) is 9.88 Å². The summed E-state index contributed by atoms with van der Waals surface area (Å²) in [5.74, 6) is -0.775. The summed E-state index contributed by atoms with van der Waals surface area (Å²) < 4.78 is 28.1. The number of halogens is 2.